The highest BCUT2D eigenvalue weighted by atomic mass is 32.1. The Labute approximate surface area is 218 Å². The highest BCUT2D eigenvalue weighted by molar-refractivity contribution is 7.80. The number of rotatable bonds is 3. The predicted octanol–water partition coefficient (Wildman–Crippen LogP) is 7.77. The highest BCUT2D eigenvalue weighted by Gasteiger charge is 2.14. The van der Waals surface area contributed by atoms with Crippen LogP contribution >= 0.6 is 25.3 Å². The second-order valence-electron chi connectivity index (χ2n) is 8.53. The maximum absolute atomic E-state index is 10.7. The zero-order chi connectivity index (χ0) is 24.8. The maximum atomic E-state index is 10.7. The Kier molecular flexibility index (Phi) is 5.55. The molecule has 0 radical (unpaired) electrons. The van der Waals surface area contributed by atoms with Crippen LogP contribution in [0.4, 0.5) is 0 Å². The van der Waals surface area contributed by atoms with Crippen LogP contribution in [-0.4, -0.2) is 20.2 Å². The van der Waals surface area contributed by atoms with Gasteiger partial charge >= 0.3 is 0 Å². The fraction of sp³-hybridized carbons (Fsp3) is 0. The van der Waals surface area contributed by atoms with Crippen molar-refractivity contribution in [1.29, 1.82) is 0 Å². The molecule has 2 aromatic heterocycles. The molecule has 4 aromatic carbocycles. The van der Waals surface area contributed by atoms with Gasteiger partial charge in [0.15, 0.2) is 0 Å². The van der Waals surface area contributed by atoms with Gasteiger partial charge in [-0.15, -0.1) is 25.3 Å². The maximum Gasteiger partial charge on any atom is 0.125 e. The number of fused-ring (bicyclic) bond motifs is 2. The number of pyridine rings is 2. The van der Waals surface area contributed by atoms with Gasteiger partial charge in [0.25, 0.3) is 0 Å². The van der Waals surface area contributed by atoms with Crippen LogP contribution in [0.2, 0.25) is 0 Å². The normalized spacial score (nSPS) is 11.3. The third-order valence-electron chi connectivity index (χ3n) is 6.28. The number of nitrogens with zero attached hydrogens (tertiary/aromatic N) is 2. The first kappa shape index (κ1) is 22.5. The molecule has 0 fully saturated rings. The van der Waals surface area contributed by atoms with Crippen molar-refractivity contribution in [3.05, 3.63) is 97.1 Å². The summed E-state index contributed by atoms with van der Waals surface area (Å²) in [6.07, 6.45) is 0. The van der Waals surface area contributed by atoms with Crippen molar-refractivity contribution in [1.82, 2.24) is 9.97 Å². The molecule has 0 aliphatic carbocycles. The average molecular weight is 505 g/mol. The largest absolute Gasteiger partial charge is 0.507 e. The molecule has 0 aliphatic heterocycles. The molecule has 0 atom stereocenters. The van der Waals surface area contributed by atoms with Crippen molar-refractivity contribution in [2.75, 3.05) is 0 Å². The molecule has 6 heteroatoms. The van der Waals surface area contributed by atoms with E-state index < -0.39 is 0 Å². The first-order valence-corrected chi connectivity index (χ1v) is 12.2. The Morgan fingerprint density at radius 3 is 2.08 bits per heavy atom. The molecule has 174 valence electrons. The summed E-state index contributed by atoms with van der Waals surface area (Å²) in [5.74, 6) is 0.270. The minimum Gasteiger partial charge on any atom is -0.507 e. The van der Waals surface area contributed by atoms with E-state index in [1.165, 1.54) is 0 Å². The van der Waals surface area contributed by atoms with Crippen molar-refractivity contribution in [2.45, 2.75) is 9.79 Å². The lowest BCUT2D eigenvalue weighted by molar-refractivity contribution is 0.477. The van der Waals surface area contributed by atoms with Crippen LogP contribution in [0.5, 0.6) is 11.5 Å². The molecule has 2 N–H and O–H groups in total. The topological polar surface area (TPSA) is 66.2 Å². The van der Waals surface area contributed by atoms with Crippen molar-refractivity contribution in [3.8, 4) is 45.1 Å². The molecule has 0 unspecified atom stereocenters. The number of phenols is 2. The number of hydrogen-bond donors (Lipinski definition) is 4. The lowest BCUT2D eigenvalue weighted by atomic mass is 9.98. The zero-order valence-electron chi connectivity index (χ0n) is 18.9. The molecule has 2 heterocycles. The summed E-state index contributed by atoms with van der Waals surface area (Å²) in [6.45, 7) is 0. The summed E-state index contributed by atoms with van der Waals surface area (Å²) < 4.78 is 0. The van der Waals surface area contributed by atoms with Crippen LogP contribution in [0.3, 0.4) is 0 Å². The Bertz CT molecular complexity index is 1800. The van der Waals surface area contributed by atoms with Crippen LogP contribution < -0.4 is 0 Å². The Hall–Kier alpha value is -4.00. The number of phenolic OH excluding ortho intramolecular Hbond substituents is 2. The van der Waals surface area contributed by atoms with Gasteiger partial charge in [-0.2, -0.15) is 0 Å². The van der Waals surface area contributed by atoms with Gasteiger partial charge in [-0.3, -0.25) is 0 Å². The molecule has 36 heavy (non-hydrogen) atoms. The molecular formula is C30H20N2O2S2. The summed E-state index contributed by atoms with van der Waals surface area (Å²) in [4.78, 5) is 11.2. The molecule has 6 aromatic rings. The molecule has 0 saturated heterocycles. The summed E-state index contributed by atoms with van der Waals surface area (Å²) in [7, 11) is 0. The van der Waals surface area contributed by atoms with E-state index >= 15 is 0 Å². The van der Waals surface area contributed by atoms with Gasteiger partial charge in [-0.25, -0.2) is 9.97 Å². The molecule has 0 spiro atoms. The highest BCUT2D eigenvalue weighted by Crippen LogP contribution is 2.39. The van der Waals surface area contributed by atoms with Gasteiger partial charge < -0.3 is 10.2 Å². The van der Waals surface area contributed by atoms with Crippen molar-refractivity contribution in [3.63, 3.8) is 0 Å². The summed E-state index contributed by atoms with van der Waals surface area (Å²) >= 11 is 9.44. The monoisotopic (exact) mass is 504 g/mol. The summed E-state index contributed by atoms with van der Waals surface area (Å²) in [5, 5.41) is 23.0. The first-order chi connectivity index (χ1) is 17.5. The van der Waals surface area contributed by atoms with Crippen LogP contribution in [0, 0.1) is 0 Å². The van der Waals surface area contributed by atoms with Gasteiger partial charge in [0.1, 0.15) is 11.5 Å². The van der Waals surface area contributed by atoms with Crippen LogP contribution in [0.1, 0.15) is 0 Å². The Morgan fingerprint density at radius 2 is 1.25 bits per heavy atom. The first-order valence-electron chi connectivity index (χ1n) is 11.3. The SMILES string of the molecule is Oc1ccccc1-c1cccc(-c2cc(-c3ccc4cc5cccc(S)c5nc4c3S)ccc2O)n1. The second-order valence-corrected chi connectivity index (χ2v) is 9.46. The van der Waals surface area contributed by atoms with Gasteiger partial charge in [0.2, 0.25) is 0 Å². The standard InChI is InChI=1S/C30H20N2O2S2/c33-25-9-2-1-6-21(25)23-7-4-8-24(31-23)22-16-17(12-14-26(22)34)20-13-11-19-15-18-5-3-10-27(35)28(18)32-29(19)30(20)36/h1-16,33-36H. The second kappa shape index (κ2) is 8.90. The smallest absolute Gasteiger partial charge is 0.125 e. The summed E-state index contributed by atoms with van der Waals surface area (Å²) in [5.41, 5.74) is 5.83. The molecule has 0 amide bonds. The number of aromatic nitrogens is 2. The fourth-order valence-corrected chi connectivity index (χ4v) is 5.11. The zero-order valence-corrected chi connectivity index (χ0v) is 20.7. The van der Waals surface area contributed by atoms with E-state index in [0.717, 1.165) is 42.7 Å². The Morgan fingerprint density at radius 1 is 0.528 bits per heavy atom. The van der Waals surface area contributed by atoms with E-state index in [1.54, 1.807) is 18.2 Å². The summed E-state index contributed by atoms with van der Waals surface area (Å²) in [6, 6.07) is 30.1. The van der Waals surface area contributed by atoms with Gasteiger partial charge in [0, 0.05) is 31.7 Å². The van der Waals surface area contributed by atoms with Crippen LogP contribution in [0.15, 0.2) is 107 Å². The van der Waals surface area contributed by atoms with E-state index in [4.69, 9.17) is 22.6 Å². The van der Waals surface area contributed by atoms with Gasteiger partial charge in [-0.1, -0.05) is 48.5 Å². The van der Waals surface area contributed by atoms with Gasteiger partial charge in [-0.05, 0) is 59.7 Å². The predicted molar refractivity (Wildman–Crippen MR) is 151 cm³/mol. The number of benzene rings is 4. The number of para-hydroxylation sites is 2. The molecule has 0 saturated carbocycles. The van der Waals surface area contributed by atoms with E-state index in [9.17, 15) is 10.2 Å². The lowest BCUT2D eigenvalue weighted by Gasteiger charge is -2.13. The quantitative estimate of drug-likeness (QED) is 0.147. The molecule has 4 nitrogen and oxygen atoms in total. The third kappa shape index (κ3) is 3.85. The Balaban J connectivity index is 1.48. The third-order valence-corrected chi connectivity index (χ3v) is 7.09. The lowest BCUT2D eigenvalue weighted by Crippen LogP contribution is -1.91. The number of thiol groups is 2. The molecular weight excluding hydrogens is 484 g/mol. The van der Waals surface area contributed by atoms with Crippen molar-refractivity contribution in [2.24, 2.45) is 0 Å². The minimum absolute atomic E-state index is 0.117. The fourth-order valence-electron chi connectivity index (χ4n) is 4.46. The number of hydrogen-bond acceptors (Lipinski definition) is 6. The van der Waals surface area contributed by atoms with Crippen LogP contribution in [-0.2, 0) is 0 Å². The molecule has 0 bridgehead atoms. The van der Waals surface area contributed by atoms with Crippen molar-refractivity contribution >= 4 is 47.1 Å². The van der Waals surface area contributed by atoms with E-state index in [0.29, 0.717) is 22.5 Å². The number of aromatic hydroxyl groups is 2. The van der Waals surface area contributed by atoms with Crippen LogP contribution in [0.25, 0.3) is 55.4 Å². The van der Waals surface area contributed by atoms with E-state index in [2.05, 4.69) is 18.7 Å². The molecule has 6 rings (SSSR count). The van der Waals surface area contributed by atoms with E-state index in [1.807, 2.05) is 72.8 Å². The molecule has 0 aliphatic rings. The van der Waals surface area contributed by atoms with Crippen molar-refractivity contribution < 1.29 is 10.2 Å². The average Bonchev–Trinajstić information content (AvgIpc) is 2.89. The van der Waals surface area contributed by atoms with Gasteiger partial charge in [0.05, 0.1) is 22.4 Å². The van der Waals surface area contributed by atoms with E-state index in [-0.39, 0.29) is 11.5 Å². The minimum atomic E-state index is 0.117.